The monoisotopic (exact) mass is 302 g/mol. The molecule has 3 aromatic carbocycles. The number of hydrogen-bond donors (Lipinski definition) is 0. The Morgan fingerprint density at radius 3 is 1.77 bits per heavy atom. The van der Waals surface area contributed by atoms with E-state index in [1.165, 1.54) is 27.8 Å². The molecule has 2 unspecified atom stereocenters. The van der Waals surface area contributed by atoms with Gasteiger partial charge in [-0.05, 0) is 33.5 Å². The van der Waals surface area contributed by atoms with Crippen molar-refractivity contribution in [3.63, 3.8) is 0 Å². The molecule has 0 amide bonds. The first kappa shape index (κ1) is 13.7. The zero-order chi connectivity index (χ0) is 14.9. The third kappa shape index (κ3) is 2.28. The quantitative estimate of drug-likeness (QED) is 0.505. The van der Waals surface area contributed by atoms with Crippen LogP contribution in [0.3, 0.4) is 0 Å². The molecule has 0 radical (unpaired) electrons. The molecule has 0 fully saturated rings. The van der Waals surface area contributed by atoms with Gasteiger partial charge in [0.15, 0.2) is 0 Å². The van der Waals surface area contributed by atoms with Crippen LogP contribution in [0.4, 0.5) is 0 Å². The Bertz CT molecular complexity index is 746. The average molecular weight is 302 g/mol. The topological polar surface area (TPSA) is 0 Å². The lowest BCUT2D eigenvalue weighted by atomic mass is 10.1. The lowest BCUT2D eigenvalue weighted by molar-refractivity contribution is 1.06. The maximum Gasteiger partial charge on any atom is 0.0280 e. The molecule has 0 bridgehead atoms. The summed E-state index contributed by atoms with van der Waals surface area (Å²) in [5.41, 5.74) is 8.44. The molecule has 0 aromatic heterocycles. The van der Waals surface area contributed by atoms with Crippen LogP contribution < -0.4 is 0 Å². The van der Waals surface area contributed by atoms with Gasteiger partial charge in [-0.15, -0.1) is 8.58 Å². The largest absolute Gasteiger partial charge is 0.102 e. The summed E-state index contributed by atoms with van der Waals surface area (Å²) in [5.74, 6) is 0. The van der Waals surface area contributed by atoms with Crippen molar-refractivity contribution in [2.75, 3.05) is 0 Å². The molecule has 0 saturated heterocycles. The summed E-state index contributed by atoms with van der Waals surface area (Å²) >= 11 is 0. The van der Waals surface area contributed by atoms with Crippen LogP contribution in [-0.2, 0) is 0 Å². The Kier molecular flexibility index (Phi) is 3.56. The molecule has 3 aromatic rings. The molecule has 1 aliphatic carbocycles. The summed E-state index contributed by atoms with van der Waals surface area (Å²) in [5, 5.41) is 0. The SMILES string of the molecule is CC(PC1c2ccccc2-c2ccccc21)c1ccccc1. The van der Waals surface area contributed by atoms with Crippen molar-refractivity contribution >= 4 is 8.58 Å². The Labute approximate surface area is 134 Å². The predicted molar refractivity (Wildman–Crippen MR) is 96.9 cm³/mol. The Balaban J connectivity index is 1.73. The molecule has 2 atom stereocenters. The summed E-state index contributed by atoms with van der Waals surface area (Å²) in [6.07, 6.45) is 0. The van der Waals surface area contributed by atoms with Gasteiger partial charge < -0.3 is 0 Å². The molecule has 0 nitrogen and oxygen atoms in total. The van der Waals surface area contributed by atoms with Crippen molar-refractivity contribution in [3.8, 4) is 11.1 Å². The number of benzene rings is 3. The van der Waals surface area contributed by atoms with Crippen LogP contribution >= 0.6 is 8.58 Å². The maximum atomic E-state index is 2.36. The van der Waals surface area contributed by atoms with Gasteiger partial charge in [0.1, 0.15) is 0 Å². The first-order valence-electron chi connectivity index (χ1n) is 7.84. The summed E-state index contributed by atoms with van der Waals surface area (Å²) in [6.45, 7) is 2.36. The Morgan fingerprint density at radius 2 is 1.18 bits per heavy atom. The molecule has 0 saturated carbocycles. The Morgan fingerprint density at radius 1 is 0.682 bits per heavy atom. The van der Waals surface area contributed by atoms with Crippen molar-refractivity contribution in [1.29, 1.82) is 0 Å². The van der Waals surface area contributed by atoms with E-state index in [-0.39, 0.29) is 0 Å². The van der Waals surface area contributed by atoms with E-state index in [9.17, 15) is 0 Å². The molecule has 4 rings (SSSR count). The highest BCUT2D eigenvalue weighted by Gasteiger charge is 2.29. The van der Waals surface area contributed by atoms with Crippen LogP contribution in [0, 0.1) is 0 Å². The van der Waals surface area contributed by atoms with Crippen LogP contribution in [-0.4, -0.2) is 0 Å². The van der Waals surface area contributed by atoms with Gasteiger partial charge in [0.25, 0.3) is 0 Å². The van der Waals surface area contributed by atoms with E-state index in [1.54, 1.807) is 0 Å². The van der Waals surface area contributed by atoms with E-state index >= 15 is 0 Å². The molecule has 0 spiro atoms. The second-order valence-corrected chi connectivity index (χ2v) is 7.68. The number of fused-ring (bicyclic) bond motifs is 3. The highest BCUT2D eigenvalue weighted by molar-refractivity contribution is 7.39. The van der Waals surface area contributed by atoms with Crippen molar-refractivity contribution in [3.05, 3.63) is 95.6 Å². The van der Waals surface area contributed by atoms with Crippen LogP contribution in [0.2, 0.25) is 0 Å². The van der Waals surface area contributed by atoms with E-state index in [2.05, 4.69) is 85.8 Å². The van der Waals surface area contributed by atoms with Gasteiger partial charge >= 0.3 is 0 Å². The van der Waals surface area contributed by atoms with Crippen LogP contribution in [0.15, 0.2) is 78.9 Å². The minimum atomic E-state index is 0.544. The molecule has 1 heteroatoms. The van der Waals surface area contributed by atoms with Crippen LogP contribution in [0.1, 0.15) is 34.9 Å². The van der Waals surface area contributed by atoms with Gasteiger partial charge in [-0.25, -0.2) is 0 Å². The molecule has 1 aliphatic rings. The minimum absolute atomic E-state index is 0.544. The highest BCUT2D eigenvalue weighted by Crippen LogP contribution is 2.57. The normalized spacial score (nSPS) is 15.0. The molecular weight excluding hydrogens is 283 g/mol. The third-order valence-electron chi connectivity index (χ3n) is 4.55. The average Bonchev–Trinajstić information content (AvgIpc) is 2.90. The smallest absolute Gasteiger partial charge is 0.0280 e. The molecule has 0 N–H and O–H groups in total. The molecule has 0 aliphatic heterocycles. The standard InChI is InChI=1S/C21H19P/c1-15(16-9-3-2-4-10-16)22-21-19-13-7-5-11-17(19)18-12-6-8-14-20(18)21/h2-15,21-22H,1H3. The van der Waals surface area contributed by atoms with Crippen LogP contribution in [0.5, 0.6) is 0 Å². The predicted octanol–water partition coefficient (Wildman–Crippen LogP) is 6.20. The van der Waals surface area contributed by atoms with E-state index in [0.29, 0.717) is 11.3 Å². The number of hydrogen-bond acceptors (Lipinski definition) is 0. The fraction of sp³-hybridized carbons (Fsp3) is 0.143. The van der Waals surface area contributed by atoms with E-state index in [0.717, 1.165) is 8.58 Å². The fourth-order valence-corrected chi connectivity index (χ4v) is 5.17. The highest BCUT2D eigenvalue weighted by atomic mass is 31.1. The van der Waals surface area contributed by atoms with Gasteiger partial charge in [-0.2, -0.15) is 0 Å². The lowest BCUT2D eigenvalue weighted by Gasteiger charge is -2.19. The zero-order valence-corrected chi connectivity index (χ0v) is 13.7. The third-order valence-corrected chi connectivity index (χ3v) is 6.34. The van der Waals surface area contributed by atoms with Crippen molar-refractivity contribution in [2.24, 2.45) is 0 Å². The Hall–Kier alpha value is -1.91. The second kappa shape index (κ2) is 5.71. The van der Waals surface area contributed by atoms with Gasteiger partial charge in [0.05, 0.1) is 0 Å². The van der Waals surface area contributed by atoms with Crippen molar-refractivity contribution in [2.45, 2.75) is 18.2 Å². The van der Waals surface area contributed by atoms with E-state index < -0.39 is 0 Å². The van der Waals surface area contributed by atoms with E-state index in [4.69, 9.17) is 0 Å². The van der Waals surface area contributed by atoms with Crippen LogP contribution in [0.25, 0.3) is 11.1 Å². The molecule has 108 valence electrons. The first-order chi connectivity index (χ1) is 10.8. The molecule has 22 heavy (non-hydrogen) atoms. The van der Waals surface area contributed by atoms with Crippen molar-refractivity contribution < 1.29 is 0 Å². The first-order valence-corrected chi connectivity index (χ1v) is 8.99. The molecule has 0 heterocycles. The lowest BCUT2D eigenvalue weighted by Crippen LogP contribution is -1.94. The fourth-order valence-electron chi connectivity index (χ4n) is 3.42. The van der Waals surface area contributed by atoms with Gasteiger partial charge in [0.2, 0.25) is 0 Å². The zero-order valence-electron chi connectivity index (χ0n) is 12.7. The summed E-state index contributed by atoms with van der Waals surface area (Å²) in [7, 11) is 0.871. The second-order valence-electron chi connectivity index (χ2n) is 5.91. The summed E-state index contributed by atoms with van der Waals surface area (Å²) in [6, 6.07) is 28.7. The summed E-state index contributed by atoms with van der Waals surface area (Å²) < 4.78 is 0. The number of rotatable bonds is 3. The van der Waals surface area contributed by atoms with E-state index in [1.807, 2.05) is 0 Å². The van der Waals surface area contributed by atoms with Crippen molar-refractivity contribution in [1.82, 2.24) is 0 Å². The maximum absolute atomic E-state index is 2.36. The minimum Gasteiger partial charge on any atom is -0.102 e. The van der Waals surface area contributed by atoms with Gasteiger partial charge in [0, 0.05) is 5.66 Å². The summed E-state index contributed by atoms with van der Waals surface area (Å²) in [4.78, 5) is 0. The molecular formula is C21H19P. The van der Waals surface area contributed by atoms with Gasteiger partial charge in [-0.1, -0.05) is 85.8 Å². The van der Waals surface area contributed by atoms with Gasteiger partial charge in [-0.3, -0.25) is 0 Å².